The largest absolute Gasteiger partial charge is 0.495 e. The highest BCUT2D eigenvalue weighted by atomic mass is 32.2. The van der Waals surface area contributed by atoms with Crippen LogP contribution in [-0.4, -0.2) is 20.5 Å². The average molecular weight is 411 g/mol. The van der Waals surface area contributed by atoms with Crippen LogP contribution >= 0.6 is 11.3 Å². The highest BCUT2D eigenvalue weighted by molar-refractivity contribution is 7.93. The highest BCUT2D eigenvalue weighted by Crippen LogP contribution is 2.31. The Bertz CT molecular complexity index is 1260. The molecule has 4 rings (SSSR count). The Hall–Kier alpha value is -2.90. The summed E-state index contributed by atoms with van der Waals surface area (Å²) in [5.74, 6) is 0.296. The van der Waals surface area contributed by atoms with E-state index in [2.05, 4.69) is 15.8 Å². The summed E-state index contributed by atoms with van der Waals surface area (Å²) in [6, 6.07) is 19.2. The molecule has 1 aromatic heterocycles. The summed E-state index contributed by atoms with van der Waals surface area (Å²) >= 11 is 1.25. The zero-order chi connectivity index (χ0) is 19.7. The van der Waals surface area contributed by atoms with Crippen molar-refractivity contribution >= 4 is 37.3 Å². The predicted octanol–water partition coefficient (Wildman–Crippen LogP) is 5.08. The van der Waals surface area contributed by atoms with Crippen molar-refractivity contribution in [2.24, 2.45) is 0 Å². The van der Waals surface area contributed by atoms with Gasteiger partial charge in [-0.25, -0.2) is 13.4 Å². The molecule has 0 aliphatic heterocycles. The van der Waals surface area contributed by atoms with Gasteiger partial charge in [-0.1, -0.05) is 42.5 Å². The summed E-state index contributed by atoms with van der Waals surface area (Å²) in [6.45, 7) is 1.83. The standard InChI is InChI=1S/C21H18N2O3S2/c1-14-7-10-19(26-2)20(11-14)28(24,25)23-21-22-18(13-27-21)17-9-8-15-5-3-4-6-16(15)12-17/h3-13H,1-2H3,(H,22,23). The van der Waals surface area contributed by atoms with Crippen LogP contribution < -0.4 is 9.46 Å². The van der Waals surface area contributed by atoms with Crippen LogP contribution in [0.25, 0.3) is 22.0 Å². The number of hydrogen-bond donors (Lipinski definition) is 1. The number of benzene rings is 3. The molecule has 0 radical (unpaired) electrons. The van der Waals surface area contributed by atoms with Gasteiger partial charge in [0.05, 0.1) is 12.8 Å². The van der Waals surface area contributed by atoms with E-state index in [0.717, 1.165) is 27.6 Å². The van der Waals surface area contributed by atoms with Gasteiger partial charge in [-0.3, -0.25) is 4.72 Å². The number of aromatic nitrogens is 1. The van der Waals surface area contributed by atoms with Crippen molar-refractivity contribution in [1.82, 2.24) is 4.98 Å². The van der Waals surface area contributed by atoms with E-state index in [1.54, 1.807) is 18.2 Å². The van der Waals surface area contributed by atoms with Crippen LogP contribution in [0.5, 0.6) is 5.75 Å². The molecule has 0 fully saturated rings. The van der Waals surface area contributed by atoms with E-state index in [0.29, 0.717) is 10.9 Å². The SMILES string of the molecule is COc1ccc(C)cc1S(=O)(=O)Nc1nc(-c2ccc3ccccc3c2)cs1. The van der Waals surface area contributed by atoms with Crippen molar-refractivity contribution in [2.75, 3.05) is 11.8 Å². The van der Waals surface area contributed by atoms with E-state index in [1.807, 2.05) is 48.7 Å². The van der Waals surface area contributed by atoms with Crippen LogP contribution in [0.2, 0.25) is 0 Å². The van der Waals surface area contributed by atoms with Gasteiger partial charge in [-0.2, -0.15) is 0 Å². The molecule has 0 unspecified atom stereocenters. The molecular formula is C21H18N2O3S2. The Kier molecular flexibility index (Phi) is 4.78. The molecule has 0 aliphatic carbocycles. The van der Waals surface area contributed by atoms with Crippen LogP contribution in [0.1, 0.15) is 5.56 Å². The molecule has 5 nitrogen and oxygen atoms in total. The van der Waals surface area contributed by atoms with Gasteiger partial charge < -0.3 is 4.74 Å². The Balaban J connectivity index is 1.65. The minimum absolute atomic E-state index is 0.0949. The monoisotopic (exact) mass is 410 g/mol. The van der Waals surface area contributed by atoms with Gasteiger partial charge in [0.2, 0.25) is 0 Å². The van der Waals surface area contributed by atoms with Gasteiger partial charge in [0.25, 0.3) is 10.0 Å². The lowest BCUT2D eigenvalue weighted by Gasteiger charge is -2.10. The third-order valence-corrected chi connectivity index (χ3v) is 6.63. The number of aryl methyl sites for hydroxylation is 1. The number of nitrogens with one attached hydrogen (secondary N) is 1. The van der Waals surface area contributed by atoms with Crippen molar-refractivity contribution in [3.63, 3.8) is 0 Å². The van der Waals surface area contributed by atoms with Crippen molar-refractivity contribution in [3.05, 3.63) is 71.6 Å². The van der Waals surface area contributed by atoms with Gasteiger partial charge >= 0.3 is 0 Å². The number of methoxy groups -OCH3 is 1. The topological polar surface area (TPSA) is 68.3 Å². The molecule has 3 aromatic carbocycles. The van der Waals surface area contributed by atoms with Crippen molar-refractivity contribution in [1.29, 1.82) is 0 Å². The summed E-state index contributed by atoms with van der Waals surface area (Å²) in [5.41, 5.74) is 2.50. The van der Waals surface area contributed by atoms with Gasteiger partial charge in [-0.15, -0.1) is 11.3 Å². The predicted molar refractivity (Wildman–Crippen MR) is 114 cm³/mol. The van der Waals surface area contributed by atoms with E-state index >= 15 is 0 Å². The molecular weight excluding hydrogens is 392 g/mol. The molecule has 0 aliphatic rings. The lowest BCUT2D eigenvalue weighted by Crippen LogP contribution is -2.14. The number of fused-ring (bicyclic) bond motifs is 1. The van der Waals surface area contributed by atoms with Crippen molar-refractivity contribution in [3.8, 4) is 17.0 Å². The van der Waals surface area contributed by atoms with Crippen molar-refractivity contribution < 1.29 is 13.2 Å². The fourth-order valence-corrected chi connectivity index (χ4v) is 5.19. The summed E-state index contributed by atoms with van der Waals surface area (Å²) in [6.07, 6.45) is 0. The molecule has 4 aromatic rings. The number of anilines is 1. The molecule has 0 atom stereocenters. The Morgan fingerprint density at radius 1 is 1.00 bits per heavy atom. The van der Waals surface area contributed by atoms with E-state index in [1.165, 1.54) is 18.4 Å². The number of rotatable bonds is 5. The Labute approximate surface area is 167 Å². The van der Waals surface area contributed by atoms with Crippen LogP contribution in [-0.2, 0) is 10.0 Å². The fraction of sp³-hybridized carbons (Fsp3) is 0.0952. The first-order valence-corrected chi connectivity index (χ1v) is 10.9. The second-order valence-electron chi connectivity index (χ2n) is 6.36. The molecule has 1 N–H and O–H groups in total. The zero-order valence-corrected chi connectivity index (χ0v) is 17.0. The van der Waals surface area contributed by atoms with Crippen molar-refractivity contribution in [2.45, 2.75) is 11.8 Å². The second kappa shape index (κ2) is 7.26. The third kappa shape index (κ3) is 3.58. The smallest absolute Gasteiger partial charge is 0.267 e. The molecule has 0 spiro atoms. The quantitative estimate of drug-likeness (QED) is 0.498. The van der Waals surface area contributed by atoms with Crippen LogP contribution in [0.15, 0.2) is 70.9 Å². The van der Waals surface area contributed by atoms with E-state index in [-0.39, 0.29) is 4.90 Å². The van der Waals surface area contributed by atoms with Gasteiger partial charge in [0.15, 0.2) is 5.13 Å². The lowest BCUT2D eigenvalue weighted by atomic mass is 10.1. The number of sulfonamides is 1. The summed E-state index contributed by atoms with van der Waals surface area (Å²) < 4.78 is 33.4. The van der Waals surface area contributed by atoms with E-state index < -0.39 is 10.0 Å². The Morgan fingerprint density at radius 3 is 2.57 bits per heavy atom. The number of thiazole rings is 1. The number of ether oxygens (including phenoxy) is 1. The molecule has 1 heterocycles. The molecule has 28 heavy (non-hydrogen) atoms. The van der Waals surface area contributed by atoms with E-state index in [9.17, 15) is 8.42 Å². The highest BCUT2D eigenvalue weighted by Gasteiger charge is 2.21. The molecule has 0 amide bonds. The summed E-state index contributed by atoms with van der Waals surface area (Å²) in [5, 5.41) is 4.41. The zero-order valence-electron chi connectivity index (χ0n) is 15.3. The summed E-state index contributed by atoms with van der Waals surface area (Å²) in [7, 11) is -2.36. The maximum Gasteiger partial charge on any atom is 0.267 e. The fourth-order valence-electron chi connectivity index (χ4n) is 2.97. The summed E-state index contributed by atoms with van der Waals surface area (Å²) in [4.78, 5) is 4.56. The lowest BCUT2D eigenvalue weighted by molar-refractivity contribution is 0.402. The van der Waals surface area contributed by atoms with Gasteiger partial charge in [0, 0.05) is 10.9 Å². The molecule has 0 saturated heterocycles. The first-order chi connectivity index (χ1) is 13.5. The molecule has 142 valence electrons. The van der Waals surface area contributed by atoms with Gasteiger partial charge in [-0.05, 0) is 41.5 Å². The van der Waals surface area contributed by atoms with E-state index in [4.69, 9.17) is 4.74 Å². The first-order valence-electron chi connectivity index (χ1n) is 8.58. The minimum atomic E-state index is -3.81. The maximum atomic E-state index is 12.8. The molecule has 0 saturated carbocycles. The average Bonchev–Trinajstić information content (AvgIpc) is 3.15. The van der Waals surface area contributed by atoms with Gasteiger partial charge in [0.1, 0.15) is 10.6 Å². The Morgan fingerprint density at radius 2 is 1.79 bits per heavy atom. The third-order valence-electron chi connectivity index (χ3n) is 4.38. The minimum Gasteiger partial charge on any atom is -0.495 e. The second-order valence-corrected chi connectivity index (χ2v) is 8.87. The van der Waals surface area contributed by atoms with Crippen LogP contribution in [0.3, 0.4) is 0 Å². The normalized spacial score (nSPS) is 11.5. The van der Waals surface area contributed by atoms with Crippen LogP contribution in [0, 0.1) is 6.92 Å². The van der Waals surface area contributed by atoms with Crippen LogP contribution in [0.4, 0.5) is 5.13 Å². The first kappa shape index (κ1) is 18.5. The molecule has 0 bridgehead atoms. The maximum absolute atomic E-state index is 12.8. The number of nitrogens with zero attached hydrogens (tertiary/aromatic N) is 1. The molecule has 7 heteroatoms. The number of hydrogen-bond acceptors (Lipinski definition) is 5.